The summed E-state index contributed by atoms with van der Waals surface area (Å²) in [6, 6.07) is 0. The highest BCUT2D eigenvalue weighted by Gasteiger charge is 2.36. The molecule has 6 nitrogen and oxygen atoms in total. The van der Waals surface area contributed by atoms with Gasteiger partial charge < -0.3 is 20.6 Å². The van der Waals surface area contributed by atoms with Crippen LogP contribution in [0.15, 0.2) is 5.16 Å². The number of amides is 1. The Morgan fingerprint density at radius 1 is 1.47 bits per heavy atom. The zero-order chi connectivity index (χ0) is 13.2. The molecular weight excluding hydrogens is 222 g/mol. The number of nitrogens with two attached hydrogens (primary N) is 1. The van der Waals surface area contributed by atoms with E-state index in [9.17, 15) is 4.79 Å². The van der Waals surface area contributed by atoms with Crippen molar-refractivity contribution >= 4 is 11.9 Å². The zero-order valence-corrected chi connectivity index (χ0v) is 10.8. The van der Waals surface area contributed by atoms with E-state index in [0.717, 1.165) is 0 Å². The fraction of sp³-hybridized carbons (Fsp3) is 0.818. The molecule has 0 radical (unpaired) electrons. The summed E-state index contributed by atoms with van der Waals surface area (Å²) in [5.74, 6) is 0.231. The minimum Gasteiger partial charge on any atom is -0.444 e. The maximum atomic E-state index is 11.8. The van der Waals surface area contributed by atoms with Crippen LogP contribution in [0.3, 0.4) is 0 Å². The molecule has 0 unspecified atom stereocenters. The minimum atomic E-state index is -0.505. The first-order valence-electron chi connectivity index (χ1n) is 5.70. The Bertz CT molecular complexity index is 322. The van der Waals surface area contributed by atoms with Crippen LogP contribution in [0.2, 0.25) is 0 Å². The van der Waals surface area contributed by atoms with Gasteiger partial charge in [0.05, 0.1) is 0 Å². The molecule has 1 saturated heterocycles. The van der Waals surface area contributed by atoms with Crippen LogP contribution in [0.25, 0.3) is 0 Å². The molecule has 1 fully saturated rings. The molecule has 3 N–H and O–H groups in total. The Morgan fingerprint density at radius 3 is 2.53 bits per heavy atom. The van der Waals surface area contributed by atoms with Crippen molar-refractivity contribution in [3.05, 3.63) is 0 Å². The highest BCUT2D eigenvalue weighted by Crippen LogP contribution is 2.24. The second kappa shape index (κ2) is 4.81. The lowest BCUT2D eigenvalue weighted by Crippen LogP contribution is -2.36. The van der Waals surface area contributed by atoms with Crippen LogP contribution in [-0.4, -0.2) is 40.7 Å². The van der Waals surface area contributed by atoms with Gasteiger partial charge in [0.25, 0.3) is 0 Å². The van der Waals surface area contributed by atoms with Crippen molar-refractivity contribution in [3.63, 3.8) is 0 Å². The normalized spacial score (nSPS) is 26.1. The topological polar surface area (TPSA) is 88.2 Å². The number of nitrogens with zero attached hydrogens (tertiary/aromatic N) is 2. The van der Waals surface area contributed by atoms with Crippen LogP contribution >= 0.6 is 0 Å². The Hall–Kier alpha value is -1.46. The molecule has 0 saturated carbocycles. The van der Waals surface area contributed by atoms with Crippen molar-refractivity contribution in [2.75, 3.05) is 13.1 Å². The zero-order valence-electron chi connectivity index (χ0n) is 10.8. The molecule has 1 rings (SSSR count). The lowest BCUT2D eigenvalue weighted by Gasteiger charge is -2.24. The molecule has 98 valence electrons. The predicted octanol–water partition coefficient (Wildman–Crippen LogP) is 1.24. The fourth-order valence-electron chi connectivity index (χ4n) is 1.90. The van der Waals surface area contributed by atoms with Crippen LogP contribution in [0, 0.1) is 11.8 Å². The summed E-state index contributed by atoms with van der Waals surface area (Å²) in [6.45, 7) is 8.44. The monoisotopic (exact) mass is 243 g/mol. The standard InChI is InChI=1S/C11H21N3O3/c1-7-5-14(6-8(7)9(12)13-16)10(15)17-11(2,3)4/h7-8,16H,5-6H2,1-4H3,(H2,12,13)/t7-,8-/m0/s1. The van der Waals surface area contributed by atoms with Gasteiger partial charge in [-0.2, -0.15) is 0 Å². The number of amidine groups is 1. The maximum Gasteiger partial charge on any atom is 0.410 e. The summed E-state index contributed by atoms with van der Waals surface area (Å²) < 4.78 is 5.28. The third-order valence-electron chi connectivity index (χ3n) is 2.76. The van der Waals surface area contributed by atoms with Gasteiger partial charge in [0.2, 0.25) is 0 Å². The molecule has 0 aliphatic carbocycles. The molecule has 0 bridgehead atoms. The summed E-state index contributed by atoms with van der Waals surface area (Å²) in [7, 11) is 0. The molecule has 1 amide bonds. The minimum absolute atomic E-state index is 0.104. The van der Waals surface area contributed by atoms with Crippen molar-refractivity contribution in [1.29, 1.82) is 0 Å². The van der Waals surface area contributed by atoms with Crippen LogP contribution in [0.5, 0.6) is 0 Å². The summed E-state index contributed by atoms with van der Waals surface area (Å²) >= 11 is 0. The van der Waals surface area contributed by atoms with Gasteiger partial charge in [0.15, 0.2) is 0 Å². The van der Waals surface area contributed by atoms with Gasteiger partial charge in [-0.25, -0.2) is 4.79 Å². The molecule has 1 heterocycles. The first-order chi connectivity index (χ1) is 7.74. The molecule has 0 aromatic heterocycles. The van der Waals surface area contributed by atoms with E-state index >= 15 is 0 Å². The van der Waals surface area contributed by atoms with E-state index in [1.54, 1.807) is 4.90 Å². The first-order valence-corrected chi connectivity index (χ1v) is 5.70. The van der Waals surface area contributed by atoms with E-state index in [0.29, 0.717) is 13.1 Å². The Balaban J connectivity index is 2.63. The molecular formula is C11H21N3O3. The number of carbonyl (C=O) groups excluding carboxylic acids is 1. The number of ether oxygens (including phenoxy) is 1. The second-order valence-corrected chi connectivity index (χ2v) is 5.49. The third kappa shape index (κ3) is 3.51. The Morgan fingerprint density at radius 2 is 2.06 bits per heavy atom. The van der Waals surface area contributed by atoms with Gasteiger partial charge in [-0.3, -0.25) is 0 Å². The van der Waals surface area contributed by atoms with E-state index in [4.69, 9.17) is 15.7 Å². The second-order valence-electron chi connectivity index (χ2n) is 5.49. The smallest absolute Gasteiger partial charge is 0.410 e. The summed E-state index contributed by atoms with van der Waals surface area (Å²) in [6.07, 6.45) is -0.349. The highest BCUT2D eigenvalue weighted by molar-refractivity contribution is 5.84. The van der Waals surface area contributed by atoms with E-state index < -0.39 is 5.60 Å². The number of hydrogen-bond donors (Lipinski definition) is 2. The summed E-state index contributed by atoms with van der Waals surface area (Å²) in [4.78, 5) is 13.4. The van der Waals surface area contributed by atoms with Gasteiger partial charge in [0.1, 0.15) is 11.4 Å². The van der Waals surface area contributed by atoms with Crippen molar-refractivity contribution < 1.29 is 14.7 Å². The predicted molar refractivity (Wildman–Crippen MR) is 63.9 cm³/mol. The largest absolute Gasteiger partial charge is 0.444 e. The third-order valence-corrected chi connectivity index (χ3v) is 2.76. The first kappa shape index (κ1) is 13.6. The SMILES string of the molecule is C[C@H]1CN(C(=O)OC(C)(C)C)C[C@@H]1/C(N)=N\O. The van der Waals surface area contributed by atoms with Crippen LogP contribution in [0.1, 0.15) is 27.7 Å². The number of carbonyl (C=O) groups is 1. The van der Waals surface area contributed by atoms with Gasteiger partial charge in [0, 0.05) is 19.0 Å². The summed E-state index contributed by atoms with van der Waals surface area (Å²) in [5.41, 5.74) is 5.07. The molecule has 0 spiro atoms. The number of oxime groups is 1. The van der Waals surface area contributed by atoms with Crippen molar-refractivity contribution in [1.82, 2.24) is 4.90 Å². The highest BCUT2D eigenvalue weighted by atomic mass is 16.6. The van der Waals surface area contributed by atoms with Gasteiger partial charge in [-0.15, -0.1) is 0 Å². The quantitative estimate of drug-likeness (QED) is 0.314. The van der Waals surface area contributed by atoms with Crippen LogP contribution in [0.4, 0.5) is 4.79 Å². The van der Waals surface area contributed by atoms with Crippen molar-refractivity contribution in [2.24, 2.45) is 22.7 Å². The lowest BCUT2D eigenvalue weighted by molar-refractivity contribution is 0.0287. The molecule has 0 aromatic carbocycles. The molecule has 17 heavy (non-hydrogen) atoms. The van der Waals surface area contributed by atoms with Gasteiger partial charge >= 0.3 is 6.09 Å². The van der Waals surface area contributed by atoms with Crippen LogP contribution < -0.4 is 5.73 Å². The maximum absolute atomic E-state index is 11.8. The van der Waals surface area contributed by atoms with E-state index in [-0.39, 0.29) is 23.8 Å². The van der Waals surface area contributed by atoms with Crippen LogP contribution in [-0.2, 0) is 4.74 Å². The van der Waals surface area contributed by atoms with Crippen molar-refractivity contribution in [2.45, 2.75) is 33.3 Å². The number of rotatable bonds is 1. The van der Waals surface area contributed by atoms with Crippen molar-refractivity contribution in [3.8, 4) is 0 Å². The van der Waals surface area contributed by atoms with Gasteiger partial charge in [-0.05, 0) is 26.7 Å². The molecule has 2 atom stereocenters. The Kier molecular flexibility index (Phi) is 3.85. The number of likely N-dealkylation sites (tertiary alicyclic amines) is 1. The van der Waals surface area contributed by atoms with E-state index in [1.807, 2.05) is 27.7 Å². The number of hydrogen-bond acceptors (Lipinski definition) is 4. The van der Waals surface area contributed by atoms with Gasteiger partial charge in [-0.1, -0.05) is 12.1 Å². The van der Waals surface area contributed by atoms with E-state index in [2.05, 4.69) is 5.16 Å². The lowest BCUT2D eigenvalue weighted by atomic mass is 9.97. The average molecular weight is 243 g/mol. The molecule has 1 aliphatic rings. The van der Waals surface area contributed by atoms with E-state index in [1.165, 1.54) is 0 Å². The Labute approximate surface area is 101 Å². The average Bonchev–Trinajstić information content (AvgIpc) is 2.57. The molecule has 1 aliphatic heterocycles. The molecule has 6 heteroatoms. The fourth-order valence-corrected chi connectivity index (χ4v) is 1.90. The summed E-state index contributed by atoms with van der Waals surface area (Å²) in [5, 5.41) is 11.7. The molecule has 0 aromatic rings.